The van der Waals surface area contributed by atoms with E-state index in [0.29, 0.717) is 35.7 Å². The Labute approximate surface area is 156 Å². The van der Waals surface area contributed by atoms with Crippen LogP contribution in [0.1, 0.15) is 35.7 Å². The smallest absolute Gasteiger partial charge is 0.267 e. The highest BCUT2D eigenvalue weighted by atomic mass is 16.2. The Kier molecular flexibility index (Phi) is 4.09. The Morgan fingerprint density at radius 3 is 2.67 bits per heavy atom. The molecule has 0 bridgehead atoms. The van der Waals surface area contributed by atoms with Crippen LogP contribution < -0.4 is 11.0 Å². The zero-order chi connectivity index (χ0) is 19.3. The molecule has 0 saturated carbocycles. The lowest BCUT2D eigenvalue weighted by molar-refractivity contribution is 0.0694. The van der Waals surface area contributed by atoms with Gasteiger partial charge < -0.3 is 9.47 Å². The lowest BCUT2D eigenvalue weighted by Gasteiger charge is -2.30. The van der Waals surface area contributed by atoms with Crippen LogP contribution in [-0.4, -0.2) is 37.8 Å². The molecule has 0 aromatic carbocycles. The Morgan fingerprint density at radius 2 is 1.96 bits per heavy atom. The van der Waals surface area contributed by atoms with Crippen molar-refractivity contribution >= 4 is 22.6 Å². The largest absolute Gasteiger partial charge is 0.339 e. The number of hydrogen-bond acceptors (Lipinski definition) is 4. The Balaban J connectivity index is 1.93. The molecule has 7 nitrogen and oxygen atoms in total. The van der Waals surface area contributed by atoms with Crippen LogP contribution in [0.5, 0.6) is 0 Å². The molecule has 3 aromatic heterocycles. The van der Waals surface area contributed by atoms with Gasteiger partial charge in [0, 0.05) is 26.3 Å². The predicted octanol–water partition coefficient (Wildman–Crippen LogP) is 1.85. The molecule has 1 aliphatic rings. The fourth-order valence-corrected chi connectivity index (χ4v) is 3.73. The van der Waals surface area contributed by atoms with Gasteiger partial charge >= 0.3 is 0 Å². The van der Waals surface area contributed by atoms with E-state index in [1.807, 2.05) is 13.0 Å². The molecular formula is C20H23N5O2. The highest BCUT2D eigenvalue weighted by Gasteiger charge is 2.24. The van der Waals surface area contributed by atoms with Crippen LogP contribution >= 0.6 is 0 Å². The minimum atomic E-state index is -0.226. The molecule has 4 rings (SSSR count). The number of aromatic nitrogens is 3. The topological polar surface area (TPSA) is 83.5 Å². The number of rotatable bonds is 1. The summed E-state index contributed by atoms with van der Waals surface area (Å²) in [5.41, 5.74) is 1.97. The zero-order valence-electron chi connectivity index (χ0n) is 15.8. The third-order valence-electron chi connectivity index (χ3n) is 5.56. The van der Waals surface area contributed by atoms with Gasteiger partial charge in [-0.1, -0.05) is 13.0 Å². The van der Waals surface area contributed by atoms with Gasteiger partial charge in [-0.25, -0.2) is 4.98 Å². The minimum absolute atomic E-state index is 0.0796. The normalized spacial score (nSPS) is 15.6. The van der Waals surface area contributed by atoms with Gasteiger partial charge in [-0.2, -0.15) is 0 Å². The molecule has 0 aliphatic carbocycles. The molecule has 0 unspecified atom stereocenters. The summed E-state index contributed by atoms with van der Waals surface area (Å²) in [5.74, 6) is 0.429. The highest BCUT2D eigenvalue weighted by molar-refractivity contribution is 5.96. The number of aryl methyl sites for hydroxylation is 2. The van der Waals surface area contributed by atoms with Crippen LogP contribution in [-0.2, 0) is 7.05 Å². The Hall–Kier alpha value is -2.96. The van der Waals surface area contributed by atoms with E-state index < -0.39 is 0 Å². The van der Waals surface area contributed by atoms with Crippen molar-refractivity contribution in [2.24, 2.45) is 13.0 Å². The standard InChI is InChI=1S/C20H23N5O2/c1-12-6-9-24(10-7-12)19(26)14-11-15-18(23(3)16(14)21)22-17-13(2)5-4-8-25(17)20(15)27/h4-5,8,11-12,21H,6-7,9-10H2,1-3H3. The van der Waals surface area contributed by atoms with E-state index in [-0.39, 0.29) is 22.5 Å². The van der Waals surface area contributed by atoms with Crippen LogP contribution in [0.2, 0.25) is 0 Å². The monoisotopic (exact) mass is 365 g/mol. The van der Waals surface area contributed by atoms with Gasteiger partial charge in [0.05, 0.1) is 10.9 Å². The molecule has 1 amide bonds. The molecule has 0 radical (unpaired) electrons. The van der Waals surface area contributed by atoms with Crippen LogP contribution in [0.15, 0.2) is 29.2 Å². The lowest BCUT2D eigenvalue weighted by Crippen LogP contribution is -2.41. The summed E-state index contributed by atoms with van der Waals surface area (Å²) in [5, 5.41) is 8.82. The molecule has 0 atom stereocenters. The second-order valence-corrected chi connectivity index (χ2v) is 7.48. The van der Waals surface area contributed by atoms with E-state index in [4.69, 9.17) is 5.41 Å². The molecule has 1 saturated heterocycles. The average molecular weight is 365 g/mol. The van der Waals surface area contributed by atoms with Crippen molar-refractivity contribution in [3.8, 4) is 0 Å². The van der Waals surface area contributed by atoms with E-state index >= 15 is 0 Å². The van der Waals surface area contributed by atoms with E-state index in [2.05, 4.69) is 11.9 Å². The summed E-state index contributed by atoms with van der Waals surface area (Å²) in [4.78, 5) is 32.4. The van der Waals surface area contributed by atoms with Gasteiger partial charge in [0.15, 0.2) is 0 Å². The number of likely N-dealkylation sites (tertiary alicyclic amines) is 1. The number of fused-ring (bicyclic) bond motifs is 2. The highest BCUT2D eigenvalue weighted by Crippen LogP contribution is 2.18. The summed E-state index contributed by atoms with van der Waals surface area (Å²) < 4.78 is 3.03. The molecule has 1 fully saturated rings. The molecular weight excluding hydrogens is 342 g/mol. The van der Waals surface area contributed by atoms with Gasteiger partial charge in [0.1, 0.15) is 16.8 Å². The van der Waals surface area contributed by atoms with Crippen LogP contribution in [0.3, 0.4) is 0 Å². The average Bonchev–Trinajstić information content (AvgIpc) is 2.66. The summed E-state index contributed by atoms with van der Waals surface area (Å²) in [7, 11) is 1.68. The number of carbonyl (C=O) groups excluding carboxylic acids is 1. The maximum atomic E-state index is 13.0. The van der Waals surface area contributed by atoms with E-state index in [1.54, 1.807) is 30.3 Å². The van der Waals surface area contributed by atoms with Crippen molar-refractivity contribution in [1.29, 1.82) is 5.41 Å². The van der Waals surface area contributed by atoms with Gasteiger partial charge in [-0.15, -0.1) is 0 Å². The summed E-state index contributed by atoms with van der Waals surface area (Å²) in [6.45, 7) is 5.46. The summed E-state index contributed by atoms with van der Waals surface area (Å²) >= 11 is 0. The van der Waals surface area contributed by atoms with Crippen molar-refractivity contribution < 1.29 is 4.79 Å². The van der Waals surface area contributed by atoms with E-state index in [9.17, 15) is 9.59 Å². The van der Waals surface area contributed by atoms with Crippen LogP contribution in [0, 0.1) is 18.3 Å². The van der Waals surface area contributed by atoms with Crippen molar-refractivity contribution in [3.63, 3.8) is 0 Å². The zero-order valence-corrected chi connectivity index (χ0v) is 15.8. The molecule has 3 aromatic rings. The molecule has 7 heteroatoms. The first-order valence-corrected chi connectivity index (χ1v) is 9.24. The number of piperidine rings is 1. The van der Waals surface area contributed by atoms with Gasteiger partial charge in [0.2, 0.25) is 0 Å². The first-order chi connectivity index (χ1) is 12.9. The SMILES string of the molecule is Cc1cccn2c(=O)c3cc(C(=O)N4CCC(C)CC4)c(=N)n(C)c3nc12. The van der Waals surface area contributed by atoms with Gasteiger partial charge in [-0.3, -0.25) is 19.4 Å². The quantitative estimate of drug-likeness (QED) is 0.668. The van der Waals surface area contributed by atoms with Gasteiger partial charge in [0.25, 0.3) is 11.5 Å². The van der Waals surface area contributed by atoms with Crippen LogP contribution in [0.4, 0.5) is 0 Å². The van der Waals surface area contributed by atoms with Crippen molar-refractivity contribution in [2.45, 2.75) is 26.7 Å². The van der Waals surface area contributed by atoms with Crippen molar-refractivity contribution in [1.82, 2.24) is 18.9 Å². The first kappa shape index (κ1) is 17.5. The van der Waals surface area contributed by atoms with Crippen molar-refractivity contribution in [3.05, 3.63) is 51.4 Å². The second kappa shape index (κ2) is 6.33. The molecule has 140 valence electrons. The number of nitrogens with zero attached hydrogens (tertiary/aromatic N) is 4. The summed E-state index contributed by atoms with van der Waals surface area (Å²) in [6, 6.07) is 5.24. The van der Waals surface area contributed by atoms with E-state index in [0.717, 1.165) is 18.4 Å². The fourth-order valence-electron chi connectivity index (χ4n) is 3.73. The number of amides is 1. The predicted molar refractivity (Wildman–Crippen MR) is 103 cm³/mol. The molecule has 0 spiro atoms. The van der Waals surface area contributed by atoms with E-state index in [1.165, 1.54) is 8.97 Å². The second-order valence-electron chi connectivity index (χ2n) is 7.48. The number of nitrogens with one attached hydrogen (secondary N) is 1. The first-order valence-electron chi connectivity index (χ1n) is 9.24. The Bertz CT molecular complexity index is 1180. The molecule has 4 heterocycles. The number of pyridine rings is 2. The molecule has 27 heavy (non-hydrogen) atoms. The van der Waals surface area contributed by atoms with Crippen LogP contribution in [0.25, 0.3) is 16.7 Å². The fraction of sp³-hybridized carbons (Fsp3) is 0.400. The third-order valence-corrected chi connectivity index (χ3v) is 5.56. The third kappa shape index (κ3) is 2.74. The van der Waals surface area contributed by atoms with Gasteiger partial charge in [-0.05, 0) is 43.4 Å². The molecule has 1 aliphatic heterocycles. The Morgan fingerprint density at radius 1 is 1.26 bits per heavy atom. The van der Waals surface area contributed by atoms with Crippen molar-refractivity contribution in [2.75, 3.05) is 13.1 Å². The molecule has 1 N–H and O–H groups in total. The summed E-state index contributed by atoms with van der Waals surface area (Å²) in [6.07, 6.45) is 3.61. The minimum Gasteiger partial charge on any atom is -0.339 e. The number of hydrogen-bond donors (Lipinski definition) is 1. The number of carbonyl (C=O) groups is 1. The maximum absolute atomic E-state index is 13.0. The lowest BCUT2D eigenvalue weighted by atomic mass is 9.98. The maximum Gasteiger partial charge on any atom is 0.267 e.